The van der Waals surface area contributed by atoms with Crippen LogP contribution in [-0.2, 0) is 0 Å². The third-order valence-electron chi connectivity index (χ3n) is 7.30. The van der Waals surface area contributed by atoms with E-state index >= 15 is 0 Å². The van der Waals surface area contributed by atoms with E-state index in [1.807, 2.05) is 37.3 Å². The molecule has 1 N–H and O–H groups in total. The standard InChI is InChI=1S/C26H32ClN5O2/c1-17-6-7-19(10-21(17)27)30-25-20-11-24(23(33-4)12-22(20)28-16-29-25)34-9-5-8-32-14-18-13-26(18,15-32)31(2)3/h6-7,10-12,16,18H,5,8-9,13-15H2,1-4H3,(H,28,29,30)/t18-,26?/m0/s1. The van der Waals surface area contributed by atoms with Gasteiger partial charge in [-0.2, -0.15) is 0 Å². The van der Waals surface area contributed by atoms with Crippen LogP contribution in [0, 0.1) is 12.8 Å². The smallest absolute Gasteiger partial charge is 0.162 e. The maximum Gasteiger partial charge on any atom is 0.162 e. The average molecular weight is 482 g/mol. The van der Waals surface area contributed by atoms with Crippen molar-refractivity contribution in [2.75, 3.05) is 52.8 Å². The lowest BCUT2D eigenvalue weighted by molar-refractivity contribution is 0.204. The number of hydrogen-bond donors (Lipinski definition) is 1. The zero-order valence-corrected chi connectivity index (χ0v) is 21.0. The maximum atomic E-state index is 6.30. The Morgan fingerprint density at radius 2 is 2.06 bits per heavy atom. The van der Waals surface area contributed by atoms with Crippen LogP contribution in [0.25, 0.3) is 10.9 Å². The summed E-state index contributed by atoms with van der Waals surface area (Å²) in [5.74, 6) is 2.90. The van der Waals surface area contributed by atoms with Gasteiger partial charge in [0.25, 0.3) is 0 Å². The first kappa shape index (κ1) is 23.1. The minimum absolute atomic E-state index is 0.424. The number of likely N-dealkylation sites (tertiary alicyclic amines) is 1. The van der Waals surface area contributed by atoms with Crippen molar-refractivity contribution in [3.8, 4) is 11.5 Å². The zero-order chi connectivity index (χ0) is 23.9. The molecule has 2 aliphatic rings. The predicted molar refractivity (Wildman–Crippen MR) is 137 cm³/mol. The largest absolute Gasteiger partial charge is 0.493 e. The first-order valence-electron chi connectivity index (χ1n) is 11.8. The van der Waals surface area contributed by atoms with Gasteiger partial charge in [0, 0.05) is 47.3 Å². The Morgan fingerprint density at radius 1 is 1.21 bits per heavy atom. The fourth-order valence-electron chi connectivity index (χ4n) is 5.13. The van der Waals surface area contributed by atoms with Crippen molar-refractivity contribution in [3.63, 3.8) is 0 Å². The zero-order valence-electron chi connectivity index (χ0n) is 20.3. The highest BCUT2D eigenvalue weighted by atomic mass is 35.5. The van der Waals surface area contributed by atoms with Crippen LogP contribution in [0.2, 0.25) is 5.02 Å². The van der Waals surface area contributed by atoms with E-state index in [9.17, 15) is 0 Å². The molecule has 1 saturated carbocycles. The van der Waals surface area contributed by atoms with E-state index in [1.165, 1.54) is 19.5 Å². The second-order valence-corrected chi connectivity index (χ2v) is 10.1. The van der Waals surface area contributed by atoms with E-state index in [4.69, 9.17) is 21.1 Å². The van der Waals surface area contributed by atoms with Gasteiger partial charge < -0.3 is 24.6 Å². The summed E-state index contributed by atoms with van der Waals surface area (Å²) in [5.41, 5.74) is 3.11. The lowest BCUT2D eigenvalue weighted by atomic mass is 10.2. The van der Waals surface area contributed by atoms with Crippen molar-refractivity contribution in [3.05, 3.63) is 47.2 Å². The van der Waals surface area contributed by atoms with Crippen LogP contribution < -0.4 is 14.8 Å². The summed E-state index contributed by atoms with van der Waals surface area (Å²) >= 11 is 6.30. The molecule has 0 radical (unpaired) electrons. The summed E-state index contributed by atoms with van der Waals surface area (Å²) in [5, 5.41) is 4.93. The van der Waals surface area contributed by atoms with Gasteiger partial charge >= 0.3 is 0 Å². The van der Waals surface area contributed by atoms with Crippen molar-refractivity contribution in [1.82, 2.24) is 19.8 Å². The summed E-state index contributed by atoms with van der Waals surface area (Å²) in [6, 6.07) is 9.72. The minimum atomic E-state index is 0.424. The Labute approximate surface area is 206 Å². The molecule has 5 rings (SSSR count). The molecule has 2 aromatic carbocycles. The number of halogens is 1. The van der Waals surface area contributed by atoms with Crippen LogP contribution in [0.4, 0.5) is 11.5 Å². The molecule has 3 aromatic rings. The number of aromatic nitrogens is 2. The van der Waals surface area contributed by atoms with Gasteiger partial charge in [-0.3, -0.25) is 0 Å². The summed E-state index contributed by atoms with van der Waals surface area (Å²) in [4.78, 5) is 13.9. The van der Waals surface area contributed by atoms with Crippen LogP contribution in [0.15, 0.2) is 36.7 Å². The van der Waals surface area contributed by atoms with E-state index in [2.05, 4.69) is 39.2 Å². The molecule has 0 amide bonds. The van der Waals surface area contributed by atoms with Gasteiger partial charge in [-0.05, 0) is 63.5 Å². The lowest BCUT2D eigenvalue weighted by Crippen LogP contribution is -2.38. The number of piperidine rings is 1. The Hall–Kier alpha value is -2.61. The summed E-state index contributed by atoms with van der Waals surface area (Å²) < 4.78 is 11.8. The molecule has 1 unspecified atom stereocenters. The van der Waals surface area contributed by atoms with E-state index < -0.39 is 0 Å². The van der Waals surface area contributed by atoms with Crippen molar-refractivity contribution >= 4 is 34.0 Å². The maximum absolute atomic E-state index is 6.30. The van der Waals surface area contributed by atoms with Gasteiger partial charge in [0.2, 0.25) is 0 Å². The van der Waals surface area contributed by atoms with Gasteiger partial charge in [-0.1, -0.05) is 17.7 Å². The number of likely N-dealkylation sites (N-methyl/N-ethyl adjacent to an activating group) is 1. The second-order valence-electron chi connectivity index (χ2n) is 9.67. The number of ether oxygens (including phenoxy) is 2. The summed E-state index contributed by atoms with van der Waals surface area (Å²) in [7, 11) is 6.07. The number of fused-ring (bicyclic) bond motifs is 2. The number of benzene rings is 2. The van der Waals surface area contributed by atoms with Crippen LogP contribution in [0.5, 0.6) is 11.5 Å². The van der Waals surface area contributed by atoms with Gasteiger partial charge in [0.1, 0.15) is 12.1 Å². The molecule has 180 valence electrons. The van der Waals surface area contributed by atoms with E-state index in [0.29, 0.717) is 34.5 Å². The molecule has 2 atom stereocenters. The number of methoxy groups -OCH3 is 1. The number of anilines is 2. The Balaban J connectivity index is 1.27. The minimum Gasteiger partial charge on any atom is -0.493 e. The quantitative estimate of drug-likeness (QED) is 0.442. The Morgan fingerprint density at radius 3 is 2.79 bits per heavy atom. The number of aryl methyl sites for hydroxylation is 1. The average Bonchev–Trinajstić information content (AvgIpc) is 3.40. The topological polar surface area (TPSA) is 62.8 Å². The highest BCUT2D eigenvalue weighted by molar-refractivity contribution is 6.31. The molecular weight excluding hydrogens is 450 g/mol. The van der Waals surface area contributed by atoms with Crippen molar-refractivity contribution in [2.45, 2.75) is 25.3 Å². The number of nitrogens with one attached hydrogen (secondary N) is 1. The van der Waals surface area contributed by atoms with E-state index in [-0.39, 0.29) is 0 Å². The number of nitrogens with zero attached hydrogens (tertiary/aromatic N) is 4. The lowest BCUT2D eigenvalue weighted by Gasteiger charge is -2.25. The van der Waals surface area contributed by atoms with Gasteiger partial charge in [0.15, 0.2) is 11.5 Å². The predicted octanol–water partition coefficient (Wildman–Crippen LogP) is 4.75. The van der Waals surface area contributed by atoms with Gasteiger partial charge in [0.05, 0.1) is 19.2 Å². The third-order valence-corrected chi connectivity index (χ3v) is 7.71. The third kappa shape index (κ3) is 4.40. The fourth-order valence-corrected chi connectivity index (χ4v) is 5.31. The summed E-state index contributed by atoms with van der Waals surface area (Å²) in [6.07, 6.45) is 3.85. The number of hydrogen-bond acceptors (Lipinski definition) is 7. The summed E-state index contributed by atoms with van der Waals surface area (Å²) in [6.45, 7) is 6.02. The Bertz CT molecular complexity index is 1200. The molecule has 0 bridgehead atoms. The fraction of sp³-hybridized carbons (Fsp3) is 0.462. The molecule has 2 fully saturated rings. The van der Waals surface area contributed by atoms with E-state index in [1.54, 1.807) is 13.4 Å². The Kier molecular flexibility index (Phi) is 6.27. The SMILES string of the molecule is COc1cc2ncnc(Nc3ccc(C)c(Cl)c3)c2cc1OCCCN1C[C@@H]2CC2(N(C)C)C1. The van der Waals surface area contributed by atoms with Gasteiger partial charge in [-0.15, -0.1) is 0 Å². The van der Waals surface area contributed by atoms with Crippen molar-refractivity contribution < 1.29 is 9.47 Å². The molecule has 2 heterocycles. The molecule has 7 nitrogen and oxygen atoms in total. The van der Waals surface area contributed by atoms with Crippen LogP contribution >= 0.6 is 11.6 Å². The second kappa shape index (κ2) is 9.21. The molecule has 1 aromatic heterocycles. The highest BCUT2D eigenvalue weighted by Gasteiger charge is 2.60. The van der Waals surface area contributed by atoms with Crippen LogP contribution in [-0.4, -0.2) is 72.8 Å². The highest BCUT2D eigenvalue weighted by Crippen LogP contribution is 2.52. The molecule has 1 aliphatic carbocycles. The molecular formula is C26H32ClN5O2. The molecule has 8 heteroatoms. The molecule has 1 saturated heterocycles. The monoisotopic (exact) mass is 481 g/mol. The number of rotatable bonds is 9. The molecule has 34 heavy (non-hydrogen) atoms. The normalized spacial score (nSPS) is 21.6. The molecule has 1 aliphatic heterocycles. The van der Waals surface area contributed by atoms with Crippen molar-refractivity contribution in [1.29, 1.82) is 0 Å². The van der Waals surface area contributed by atoms with E-state index in [0.717, 1.165) is 41.0 Å². The first-order chi connectivity index (χ1) is 16.4. The first-order valence-corrected chi connectivity index (χ1v) is 12.2. The van der Waals surface area contributed by atoms with Gasteiger partial charge in [-0.25, -0.2) is 9.97 Å². The molecule has 0 spiro atoms. The van der Waals surface area contributed by atoms with Crippen molar-refractivity contribution in [2.24, 2.45) is 5.92 Å². The van der Waals surface area contributed by atoms with Crippen LogP contribution in [0.3, 0.4) is 0 Å². The van der Waals surface area contributed by atoms with Crippen LogP contribution in [0.1, 0.15) is 18.4 Å².